The number of rotatable bonds is 19. The van der Waals surface area contributed by atoms with Crippen molar-refractivity contribution in [3.05, 3.63) is 0 Å². The maximum atomic E-state index is 2.29. The maximum Gasteiger partial charge on any atom is 0.0780 e. The topological polar surface area (TPSA) is 0 Å². The normalized spacial score (nSPS) is 11.2. The van der Waals surface area contributed by atoms with Crippen molar-refractivity contribution in [2.75, 3.05) is 55.4 Å². The highest BCUT2D eigenvalue weighted by molar-refractivity contribution is 4.49. The van der Waals surface area contributed by atoms with E-state index in [4.69, 9.17) is 0 Å². The van der Waals surface area contributed by atoms with Gasteiger partial charge in [-0.3, -0.25) is 0 Å². The second kappa shape index (κ2) is 26.7. The number of halogens is 2. The van der Waals surface area contributed by atoms with Gasteiger partial charge in [-0.1, -0.05) is 97.3 Å². The molecule has 4 heteroatoms. The number of hydrogen-bond donors (Lipinski definition) is 0. The standard InChI is InChI=1S/C19H42N.C8H20N.2ClH/c1-5-6-7-8-9-10-11-12-13-14-15-16-17-18-19-20(2,3)4;1-5-6-7-8-9(2,3)4;;/h5-19H2,1-4H3;5-8H2,1-4H3;2*1H/q2*+1;;/p-2. The van der Waals surface area contributed by atoms with Gasteiger partial charge < -0.3 is 33.8 Å². The lowest BCUT2D eigenvalue weighted by molar-refractivity contribution is -0.870. The van der Waals surface area contributed by atoms with Gasteiger partial charge in [0.25, 0.3) is 0 Å². The van der Waals surface area contributed by atoms with Gasteiger partial charge in [0, 0.05) is 0 Å². The third kappa shape index (κ3) is 44.9. The van der Waals surface area contributed by atoms with Crippen LogP contribution in [0.4, 0.5) is 0 Å². The van der Waals surface area contributed by atoms with Crippen LogP contribution in [0.5, 0.6) is 0 Å². The van der Waals surface area contributed by atoms with Crippen LogP contribution in [0.1, 0.15) is 123 Å². The Morgan fingerprint density at radius 3 is 0.774 bits per heavy atom. The lowest BCUT2D eigenvalue weighted by Crippen LogP contribution is -3.00. The van der Waals surface area contributed by atoms with Gasteiger partial charge in [0.15, 0.2) is 0 Å². The van der Waals surface area contributed by atoms with Crippen LogP contribution in [-0.4, -0.2) is 64.3 Å². The van der Waals surface area contributed by atoms with E-state index in [1.54, 1.807) is 0 Å². The highest BCUT2D eigenvalue weighted by atomic mass is 35.5. The Bertz CT molecular complexity index is 309. The van der Waals surface area contributed by atoms with Gasteiger partial charge in [-0.2, -0.15) is 0 Å². The van der Waals surface area contributed by atoms with Gasteiger partial charge in [0.05, 0.1) is 55.4 Å². The number of nitrogens with zero attached hydrogens (tertiary/aromatic N) is 2. The SMILES string of the molecule is CCCCCCCCCCCCCCCC[N+](C)(C)C.CCCCC[N+](C)(C)C.[Cl-].[Cl-]. The minimum Gasteiger partial charge on any atom is -1.00 e. The van der Waals surface area contributed by atoms with Crippen LogP contribution < -0.4 is 24.8 Å². The summed E-state index contributed by atoms with van der Waals surface area (Å²) >= 11 is 0. The molecule has 0 N–H and O–H groups in total. The van der Waals surface area contributed by atoms with Crippen LogP contribution in [0.3, 0.4) is 0 Å². The van der Waals surface area contributed by atoms with E-state index in [9.17, 15) is 0 Å². The molecule has 0 aliphatic heterocycles. The molecule has 2 nitrogen and oxygen atoms in total. The first kappa shape index (κ1) is 38.7. The zero-order valence-corrected chi connectivity index (χ0v) is 24.6. The summed E-state index contributed by atoms with van der Waals surface area (Å²) in [6.07, 6.45) is 24.5. The van der Waals surface area contributed by atoms with Crippen molar-refractivity contribution in [1.82, 2.24) is 0 Å². The smallest absolute Gasteiger partial charge is 0.0780 e. The van der Waals surface area contributed by atoms with Gasteiger partial charge in [0.2, 0.25) is 0 Å². The van der Waals surface area contributed by atoms with Crippen LogP contribution in [0.25, 0.3) is 0 Å². The molecule has 0 aliphatic carbocycles. The average Bonchev–Trinajstić information content (AvgIpc) is 2.61. The molecule has 0 unspecified atom stereocenters. The lowest BCUT2D eigenvalue weighted by Gasteiger charge is -2.23. The van der Waals surface area contributed by atoms with Crippen molar-refractivity contribution in [3.63, 3.8) is 0 Å². The maximum absolute atomic E-state index is 2.29. The zero-order valence-electron chi connectivity index (χ0n) is 23.1. The van der Waals surface area contributed by atoms with Crippen LogP contribution >= 0.6 is 0 Å². The van der Waals surface area contributed by atoms with Gasteiger partial charge in [-0.05, 0) is 25.7 Å². The molecule has 0 aliphatic rings. The quantitative estimate of drug-likeness (QED) is 0.194. The first-order valence-electron chi connectivity index (χ1n) is 13.2. The fourth-order valence-corrected chi connectivity index (χ4v) is 3.62. The second-order valence-corrected chi connectivity index (χ2v) is 11.3. The zero-order chi connectivity index (χ0) is 22.4. The monoisotopic (exact) mass is 484 g/mol. The van der Waals surface area contributed by atoms with Gasteiger partial charge in [-0.25, -0.2) is 0 Å². The van der Waals surface area contributed by atoms with E-state index >= 15 is 0 Å². The van der Waals surface area contributed by atoms with Crippen molar-refractivity contribution in [2.24, 2.45) is 0 Å². The van der Waals surface area contributed by atoms with E-state index in [0.717, 1.165) is 8.97 Å². The van der Waals surface area contributed by atoms with Crippen LogP contribution in [0.2, 0.25) is 0 Å². The Labute approximate surface area is 211 Å². The minimum atomic E-state index is 0. The lowest BCUT2D eigenvalue weighted by atomic mass is 10.0. The molecule has 0 aromatic heterocycles. The summed E-state index contributed by atoms with van der Waals surface area (Å²) < 4.78 is 2.23. The summed E-state index contributed by atoms with van der Waals surface area (Å²) in [4.78, 5) is 0. The molecular formula is C27H62Cl2N2. The van der Waals surface area contributed by atoms with Gasteiger partial charge in [-0.15, -0.1) is 0 Å². The summed E-state index contributed by atoms with van der Waals surface area (Å²) in [6, 6.07) is 0. The number of quaternary nitrogens is 2. The number of hydrogen-bond acceptors (Lipinski definition) is 0. The molecular weight excluding hydrogens is 423 g/mol. The molecule has 194 valence electrons. The van der Waals surface area contributed by atoms with Crippen molar-refractivity contribution in [2.45, 2.75) is 123 Å². The molecule has 0 bridgehead atoms. The number of unbranched alkanes of at least 4 members (excludes halogenated alkanes) is 15. The van der Waals surface area contributed by atoms with Crippen molar-refractivity contribution >= 4 is 0 Å². The molecule has 0 atom stereocenters. The molecule has 0 amide bonds. The molecule has 0 saturated carbocycles. The van der Waals surface area contributed by atoms with Crippen molar-refractivity contribution in [3.8, 4) is 0 Å². The highest BCUT2D eigenvalue weighted by Gasteiger charge is 2.05. The Morgan fingerprint density at radius 2 is 0.516 bits per heavy atom. The van der Waals surface area contributed by atoms with E-state index in [2.05, 4.69) is 56.1 Å². The molecule has 0 spiro atoms. The summed E-state index contributed by atoms with van der Waals surface area (Å²) in [7, 11) is 13.6. The van der Waals surface area contributed by atoms with Crippen LogP contribution in [0, 0.1) is 0 Å². The molecule has 0 aromatic rings. The predicted molar refractivity (Wildman–Crippen MR) is 136 cm³/mol. The van der Waals surface area contributed by atoms with Gasteiger partial charge >= 0.3 is 0 Å². The molecule has 0 aromatic carbocycles. The first-order chi connectivity index (χ1) is 13.6. The summed E-state index contributed by atoms with van der Waals surface area (Å²) in [5.74, 6) is 0. The van der Waals surface area contributed by atoms with Crippen LogP contribution in [-0.2, 0) is 0 Å². The van der Waals surface area contributed by atoms with E-state index in [0.29, 0.717) is 0 Å². The van der Waals surface area contributed by atoms with E-state index in [-0.39, 0.29) is 24.8 Å². The average molecular weight is 486 g/mol. The fourth-order valence-electron chi connectivity index (χ4n) is 3.62. The third-order valence-corrected chi connectivity index (χ3v) is 5.61. The van der Waals surface area contributed by atoms with Gasteiger partial charge in [0.1, 0.15) is 0 Å². The Morgan fingerprint density at radius 1 is 0.323 bits per heavy atom. The highest BCUT2D eigenvalue weighted by Crippen LogP contribution is 2.13. The predicted octanol–water partition coefficient (Wildman–Crippen LogP) is 2.06. The Hall–Kier alpha value is 0.500. The fraction of sp³-hybridized carbons (Fsp3) is 1.00. The van der Waals surface area contributed by atoms with Crippen LogP contribution in [0.15, 0.2) is 0 Å². The largest absolute Gasteiger partial charge is 1.00 e. The third-order valence-electron chi connectivity index (χ3n) is 5.61. The molecule has 0 fully saturated rings. The molecule has 0 heterocycles. The Balaban J connectivity index is -0.000000282. The minimum absolute atomic E-state index is 0. The van der Waals surface area contributed by atoms with E-state index < -0.39 is 0 Å². The molecule has 0 radical (unpaired) electrons. The van der Waals surface area contributed by atoms with E-state index in [1.165, 1.54) is 122 Å². The second-order valence-electron chi connectivity index (χ2n) is 11.3. The van der Waals surface area contributed by atoms with Crippen molar-refractivity contribution < 1.29 is 33.8 Å². The summed E-state index contributed by atoms with van der Waals surface area (Å²) in [5.41, 5.74) is 0. The first-order valence-corrected chi connectivity index (χ1v) is 13.2. The summed E-state index contributed by atoms with van der Waals surface area (Å²) in [5, 5.41) is 0. The molecule has 0 rings (SSSR count). The molecule has 31 heavy (non-hydrogen) atoms. The van der Waals surface area contributed by atoms with Crippen molar-refractivity contribution in [1.29, 1.82) is 0 Å². The Kier molecular flexibility index (Phi) is 33.4. The summed E-state index contributed by atoms with van der Waals surface area (Å²) in [6.45, 7) is 7.18. The van der Waals surface area contributed by atoms with E-state index in [1.807, 2.05) is 0 Å². The molecule has 0 saturated heterocycles.